The molecule has 2 heterocycles. The van der Waals surface area contributed by atoms with Crippen molar-refractivity contribution in [3.63, 3.8) is 0 Å². The molecule has 31 heavy (non-hydrogen) atoms. The number of hydrogen-bond donors (Lipinski definition) is 0. The fourth-order valence-electron chi connectivity index (χ4n) is 5.83. The summed E-state index contributed by atoms with van der Waals surface area (Å²) in [6, 6.07) is 17.5. The predicted molar refractivity (Wildman–Crippen MR) is 126 cm³/mol. The first-order valence-electron chi connectivity index (χ1n) is 11.1. The van der Waals surface area contributed by atoms with Gasteiger partial charge in [-0.05, 0) is 22.3 Å². The number of nitrogens with zero attached hydrogens (tertiary/aromatic N) is 2. The summed E-state index contributed by atoms with van der Waals surface area (Å²) in [4.78, 5) is 9.97. The lowest BCUT2D eigenvalue weighted by Gasteiger charge is -2.23. The lowest BCUT2D eigenvalue weighted by molar-refractivity contribution is 0.184. The molecule has 0 fully saturated rings. The Kier molecular flexibility index (Phi) is 4.14. The van der Waals surface area contributed by atoms with Gasteiger partial charge in [0, 0.05) is 10.8 Å². The van der Waals surface area contributed by atoms with Gasteiger partial charge in [-0.2, -0.15) is 0 Å². The molecule has 4 nitrogen and oxygen atoms in total. The second kappa shape index (κ2) is 6.61. The Morgan fingerprint density at radius 1 is 0.710 bits per heavy atom. The van der Waals surface area contributed by atoms with E-state index >= 15 is 0 Å². The number of fused-ring (bicyclic) bond motifs is 6. The Balaban J connectivity index is 1.11. The van der Waals surface area contributed by atoms with Gasteiger partial charge in [-0.1, -0.05) is 76.2 Å². The zero-order valence-electron chi connectivity index (χ0n) is 18.5. The Morgan fingerprint density at radius 2 is 1.13 bits per heavy atom. The maximum absolute atomic E-state index is 6.31. The molecule has 4 atom stereocenters. The van der Waals surface area contributed by atoms with E-state index in [4.69, 9.17) is 19.5 Å². The van der Waals surface area contributed by atoms with Gasteiger partial charge in [0.15, 0.2) is 11.8 Å². The van der Waals surface area contributed by atoms with E-state index in [9.17, 15) is 0 Å². The molecule has 2 aromatic rings. The van der Waals surface area contributed by atoms with Crippen LogP contribution < -0.4 is 0 Å². The average molecular weight is 433 g/mol. The maximum Gasteiger partial charge on any atom is 0.194 e. The molecular formula is C26H28N2O2S. The van der Waals surface area contributed by atoms with Crippen molar-refractivity contribution in [3.05, 3.63) is 70.8 Å². The minimum atomic E-state index is 0.00272. The van der Waals surface area contributed by atoms with Gasteiger partial charge >= 0.3 is 0 Å². The minimum Gasteiger partial charge on any atom is -0.470 e. The first-order valence-corrected chi connectivity index (χ1v) is 12.3. The third-order valence-electron chi connectivity index (χ3n) is 7.52. The van der Waals surface area contributed by atoms with Crippen LogP contribution in [0.25, 0.3) is 0 Å². The van der Waals surface area contributed by atoms with E-state index in [0.717, 1.165) is 23.3 Å². The highest BCUT2D eigenvalue weighted by Gasteiger charge is 2.52. The highest BCUT2D eigenvalue weighted by Crippen LogP contribution is 2.52. The summed E-state index contributed by atoms with van der Waals surface area (Å²) in [6.45, 7) is 9.11. The second-order valence-electron chi connectivity index (χ2n) is 10.1. The van der Waals surface area contributed by atoms with Crippen LogP contribution in [0.1, 0.15) is 62.2 Å². The molecule has 0 spiro atoms. The smallest absolute Gasteiger partial charge is 0.194 e. The molecule has 160 valence electrons. The average Bonchev–Trinajstić information content (AvgIpc) is 3.47. The summed E-state index contributed by atoms with van der Waals surface area (Å²) in [5, 5.41) is 0. The van der Waals surface area contributed by atoms with Gasteiger partial charge in [0.2, 0.25) is 0 Å². The number of thioether (sulfide) groups is 1. The van der Waals surface area contributed by atoms with Crippen LogP contribution in [0, 0.1) is 0 Å². The van der Waals surface area contributed by atoms with Crippen molar-refractivity contribution in [2.24, 2.45) is 9.98 Å². The summed E-state index contributed by atoms with van der Waals surface area (Å²) in [5.74, 6) is 3.21. The fraction of sp³-hybridized carbons (Fsp3) is 0.462. The van der Waals surface area contributed by atoms with Gasteiger partial charge in [-0.15, -0.1) is 11.8 Å². The molecule has 0 amide bonds. The highest BCUT2D eigenvalue weighted by atomic mass is 32.2. The molecule has 0 saturated carbocycles. The summed E-state index contributed by atoms with van der Waals surface area (Å²) >= 11 is 1.78. The van der Waals surface area contributed by atoms with E-state index in [0.29, 0.717) is 0 Å². The largest absolute Gasteiger partial charge is 0.470 e. The number of benzene rings is 2. The van der Waals surface area contributed by atoms with Gasteiger partial charge in [-0.3, -0.25) is 0 Å². The molecule has 2 aromatic carbocycles. The van der Waals surface area contributed by atoms with Crippen LogP contribution >= 0.6 is 11.8 Å². The van der Waals surface area contributed by atoms with Crippen LogP contribution in [0.2, 0.25) is 0 Å². The number of hydrogen-bond acceptors (Lipinski definition) is 5. The van der Waals surface area contributed by atoms with Crippen LogP contribution in [0.5, 0.6) is 0 Å². The van der Waals surface area contributed by atoms with Crippen molar-refractivity contribution in [2.45, 2.75) is 62.8 Å². The van der Waals surface area contributed by atoms with Crippen molar-refractivity contribution in [3.8, 4) is 0 Å². The van der Waals surface area contributed by atoms with Gasteiger partial charge in [0.05, 0.1) is 11.5 Å². The predicted octanol–water partition coefficient (Wildman–Crippen LogP) is 5.38. The SMILES string of the molecule is CC1(C)c2ccccc2[C@H]2OC(CSCC3=N[C@H]4[C@@H](O3)c3ccccc3C4(C)C)=N[C@H]21. The lowest BCUT2D eigenvalue weighted by Crippen LogP contribution is -2.27. The Morgan fingerprint density at radius 3 is 1.58 bits per heavy atom. The molecule has 5 heteroatoms. The van der Waals surface area contributed by atoms with Crippen LogP contribution in [0.4, 0.5) is 0 Å². The van der Waals surface area contributed by atoms with E-state index in [1.165, 1.54) is 22.3 Å². The van der Waals surface area contributed by atoms with Crippen LogP contribution in [-0.4, -0.2) is 35.4 Å². The standard InChI is InChI=1S/C26H28N2O2S/c1-25(2)17-11-7-5-9-15(17)21-23(25)27-19(29-21)13-31-14-20-28-24-22(30-20)16-10-6-8-12-18(16)26(24,3)4/h5-12,21-24H,13-14H2,1-4H3/t21-,22+,23-,24+. The molecule has 4 aliphatic rings. The topological polar surface area (TPSA) is 43.2 Å². The molecular weight excluding hydrogens is 404 g/mol. The normalized spacial score (nSPS) is 30.5. The molecule has 0 unspecified atom stereocenters. The van der Waals surface area contributed by atoms with E-state index in [1.807, 2.05) is 0 Å². The Bertz CT molecular complexity index is 1030. The third kappa shape index (κ3) is 2.75. The molecule has 0 N–H and O–H groups in total. The van der Waals surface area contributed by atoms with Crippen molar-refractivity contribution < 1.29 is 9.47 Å². The summed E-state index contributed by atoms with van der Waals surface area (Å²) in [7, 11) is 0. The quantitative estimate of drug-likeness (QED) is 0.652. The van der Waals surface area contributed by atoms with Crippen molar-refractivity contribution in [2.75, 3.05) is 11.5 Å². The molecule has 6 rings (SSSR count). The van der Waals surface area contributed by atoms with E-state index in [2.05, 4.69) is 76.2 Å². The molecule has 0 radical (unpaired) electrons. The second-order valence-corrected chi connectivity index (χ2v) is 11.1. The van der Waals surface area contributed by atoms with Crippen LogP contribution in [-0.2, 0) is 20.3 Å². The number of rotatable bonds is 4. The lowest BCUT2D eigenvalue weighted by atomic mass is 9.83. The highest BCUT2D eigenvalue weighted by molar-refractivity contribution is 8.00. The zero-order chi connectivity index (χ0) is 21.4. The Hall–Kier alpha value is -2.27. The number of ether oxygens (including phenoxy) is 2. The van der Waals surface area contributed by atoms with Crippen LogP contribution in [0.3, 0.4) is 0 Å². The zero-order valence-corrected chi connectivity index (χ0v) is 19.3. The molecule has 0 bridgehead atoms. The maximum atomic E-state index is 6.31. The third-order valence-corrected chi connectivity index (χ3v) is 8.42. The van der Waals surface area contributed by atoms with E-state index in [1.54, 1.807) is 11.8 Å². The summed E-state index contributed by atoms with van der Waals surface area (Å²) < 4.78 is 12.6. The monoisotopic (exact) mass is 432 g/mol. The van der Waals surface area contributed by atoms with Crippen molar-refractivity contribution >= 4 is 23.6 Å². The van der Waals surface area contributed by atoms with Crippen molar-refractivity contribution in [1.82, 2.24) is 0 Å². The van der Waals surface area contributed by atoms with Gasteiger partial charge < -0.3 is 9.47 Å². The van der Waals surface area contributed by atoms with Crippen LogP contribution in [0.15, 0.2) is 58.5 Å². The Labute approximate surface area is 188 Å². The van der Waals surface area contributed by atoms with E-state index < -0.39 is 0 Å². The van der Waals surface area contributed by atoms with Gasteiger partial charge in [-0.25, -0.2) is 9.98 Å². The molecule has 0 aromatic heterocycles. The first kappa shape index (κ1) is 19.4. The molecule has 2 aliphatic carbocycles. The van der Waals surface area contributed by atoms with Gasteiger partial charge in [0.1, 0.15) is 24.3 Å². The van der Waals surface area contributed by atoms with E-state index in [-0.39, 0.29) is 35.1 Å². The number of aliphatic imine (C=N–C) groups is 2. The molecule has 2 aliphatic heterocycles. The first-order chi connectivity index (χ1) is 14.9. The summed E-state index contributed by atoms with van der Waals surface area (Å²) in [6.07, 6.45) is 0.108. The minimum absolute atomic E-state index is 0.00272. The molecule has 0 saturated heterocycles. The van der Waals surface area contributed by atoms with Crippen molar-refractivity contribution in [1.29, 1.82) is 0 Å². The summed E-state index contributed by atoms with van der Waals surface area (Å²) in [5.41, 5.74) is 5.31. The van der Waals surface area contributed by atoms with Gasteiger partial charge in [0.25, 0.3) is 0 Å². The fourth-order valence-corrected chi connectivity index (χ4v) is 6.56.